The first kappa shape index (κ1) is 21.9. The number of carbonyl (C=O) groups excluding carboxylic acids is 1. The maximum atomic E-state index is 12.7. The highest BCUT2D eigenvalue weighted by Gasteiger charge is 2.12. The van der Waals surface area contributed by atoms with Crippen LogP contribution >= 0.6 is 22.9 Å². The van der Waals surface area contributed by atoms with Gasteiger partial charge in [0.15, 0.2) is 5.13 Å². The molecule has 0 aliphatic heterocycles. The van der Waals surface area contributed by atoms with Gasteiger partial charge in [-0.1, -0.05) is 53.3 Å². The van der Waals surface area contributed by atoms with Crippen molar-refractivity contribution in [2.75, 3.05) is 12.4 Å². The highest BCUT2D eigenvalue weighted by molar-refractivity contribution is 7.22. The number of benzene rings is 3. The van der Waals surface area contributed by atoms with Crippen LogP contribution in [0.3, 0.4) is 0 Å². The number of methoxy groups -OCH3 is 1. The number of nitrogens with one attached hydrogen (secondary N) is 1. The van der Waals surface area contributed by atoms with Gasteiger partial charge in [0.25, 0.3) is 0 Å². The quantitative estimate of drug-likeness (QED) is 0.279. The third-order valence-corrected chi connectivity index (χ3v) is 6.31. The number of para-hydroxylation sites is 1. The van der Waals surface area contributed by atoms with E-state index < -0.39 is 0 Å². The zero-order chi connectivity index (χ0) is 23.5. The van der Waals surface area contributed by atoms with Crippen LogP contribution < -0.4 is 10.1 Å². The number of amides is 1. The molecule has 0 fully saturated rings. The summed E-state index contributed by atoms with van der Waals surface area (Å²) in [6.45, 7) is 0. The lowest BCUT2D eigenvalue weighted by molar-refractivity contribution is -0.111. The molecule has 8 heteroatoms. The summed E-state index contributed by atoms with van der Waals surface area (Å²) >= 11 is 7.46. The lowest BCUT2D eigenvalue weighted by atomic mass is 10.1. The first-order chi connectivity index (χ1) is 16.6. The predicted octanol–water partition coefficient (Wildman–Crippen LogP) is 6.46. The number of anilines is 1. The molecule has 5 aromatic rings. The van der Waals surface area contributed by atoms with E-state index in [1.165, 1.54) is 17.4 Å². The SMILES string of the molecule is COc1ccc2nc(NC(=O)C=Cc3cn(-c4ccccc4)nc3-c3ccc(Cl)cc3)sc2c1. The van der Waals surface area contributed by atoms with Crippen LogP contribution in [0.2, 0.25) is 5.02 Å². The van der Waals surface area contributed by atoms with Crippen molar-refractivity contribution in [1.82, 2.24) is 14.8 Å². The minimum Gasteiger partial charge on any atom is -0.497 e. The van der Waals surface area contributed by atoms with Gasteiger partial charge in [0.05, 0.1) is 28.7 Å². The lowest BCUT2D eigenvalue weighted by Gasteiger charge is -2.01. The number of halogens is 1. The smallest absolute Gasteiger partial charge is 0.250 e. The summed E-state index contributed by atoms with van der Waals surface area (Å²) in [5.41, 5.74) is 4.18. The second kappa shape index (κ2) is 9.51. The Morgan fingerprint density at radius 3 is 2.65 bits per heavy atom. The Hall–Kier alpha value is -3.94. The predicted molar refractivity (Wildman–Crippen MR) is 138 cm³/mol. The molecule has 0 saturated heterocycles. The van der Waals surface area contributed by atoms with Crippen LogP contribution in [0.15, 0.2) is 85.1 Å². The number of hydrogen-bond acceptors (Lipinski definition) is 5. The van der Waals surface area contributed by atoms with E-state index in [9.17, 15) is 4.79 Å². The van der Waals surface area contributed by atoms with Gasteiger partial charge in [-0.25, -0.2) is 9.67 Å². The van der Waals surface area contributed by atoms with Crippen molar-refractivity contribution in [1.29, 1.82) is 0 Å². The van der Waals surface area contributed by atoms with Crippen molar-refractivity contribution in [3.05, 3.63) is 95.7 Å². The van der Waals surface area contributed by atoms with Crippen LogP contribution in [-0.2, 0) is 4.79 Å². The van der Waals surface area contributed by atoms with Crippen molar-refractivity contribution >= 4 is 50.3 Å². The standard InChI is InChI=1S/C26H19ClN4O2S/c1-33-21-12-13-22-23(15-21)34-26(28-22)29-24(32)14-9-18-16-31(20-5-3-2-4-6-20)30-25(18)17-7-10-19(27)11-8-17/h2-16H,1H3,(H,28,29,32). The molecule has 0 spiro atoms. The topological polar surface area (TPSA) is 69.0 Å². The minimum atomic E-state index is -0.277. The van der Waals surface area contributed by atoms with E-state index in [4.69, 9.17) is 21.4 Å². The maximum Gasteiger partial charge on any atom is 0.250 e. The molecule has 0 unspecified atom stereocenters. The van der Waals surface area contributed by atoms with E-state index in [2.05, 4.69) is 10.3 Å². The van der Waals surface area contributed by atoms with Crippen LogP contribution in [0.4, 0.5) is 5.13 Å². The molecule has 0 aliphatic carbocycles. The number of carbonyl (C=O) groups is 1. The van der Waals surface area contributed by atoms with Crippen molar-refractivity contribution in [2.45, 2.75) is 0 Å². The summed E-state index contributed by atoms with van der Waals surface area (Å²) in [6, 6.07) is 22.9. The molecule has 0 saturated carbocycles. The molecule has 2 heterocycles. The van der Waals surface area contributed by atoms with Gasteiger partial charge < -0.3 is 4.74 Å². The maximum absolute atomic E-state index is 12.7. The summed E-state index contributed by atoms with van der Waals surface area (Å²) in [5.74, 6) is 0.472. The molecule has 0 atom stereocenters. The average molecular weight is 487 g/mol. The number of fused-ring (bicyclic) bond motifs is 1. The summed E-state index contributed by atoms with van der Waals surface area (Å²) < 4.78 is 7.99. The van der Waals surface area contributed by atoms with E-state index in [1.54, 1.807) is 17.9 Å². The van der Waals surface area contributed by atoms with Gasteiger partial charge >= 0.3 is 0 Å². The van der Waals surface area contributed by atoms with Crippen molar-refractivity contribution in [3.63, 3.8) is 0 Å². The molecule has 6 nitrogen and oxygen atoms in total. The molecule has 0 aliphatic rings. The van der Waals surface area contributed by atoms with Gasteiger partial charge in [0.2, 0.25) is 5.91 Å². The highest BCUT2D eigenvalue weighted by atomic mass is 35.5. The van der Waals surface area contributed by atoms with Crippen molar-refractivity contribution < 1.29 is 9.53 Å². The minimum absolute atomic E-state index is 0.277. The molecule has 0 radical (unpaired) electrons. The Morgan fingerprint density at radius 1 is 1.09 bits per heavy atom. The van der Waals surface area contributed by atoms with Gasteiger partial charge in [-0.3, -0.25) is 10.1 Å². The average Bonchev–Trinajstić information content (AvgIpc) is 3.47. The fraction of sp³-hybridized carbons (Fsp3) is 0.0385. The number of hydrogen-bond donors (Lipinski definition) is 1. The fourth-order valence-corrected chi connectivity index (χ4v) is 4.48. The molecule has 2 aromatic heterocycles. The monoisotopic (exact) mass is 486 g/mol. The Bertz CT molecular complexity index is 1490. The first-order valence-electron chi connectivity index (χ1n) is 10.4. The van der Waals surface area contributed by atoms with E-state index in [1.807, 2.05) is 79.0 Å². The zero-order valence-corrected chi connectivity index (χ0v) is 19.7. The van der Waals surface area contributed by atoms with E-state index >= 15 is 0 Å². The van der Waals surface area contributed by atoms with Crippen LogP contribution in [0, 0.1) is 0 Å². The Kier molecular flexibility index (Phi) is 6.12. The van der Waals surface area contributed by atoms with Gasteiger partial charge in [-0.05, 0) is 48.5 Å². The summed E-state index contributed by atoms with van der Waals surface area (Å²) in [7, 11) is 1.62. The second-order valence-electron chi connectivity index (χ2n) is 7.40. The number of thiazole rings is 1. The third kappa shape index (κ3) is 4.71. The third-order valence-electron chi connectivity index (χ3n) is 5.12. The van der Waals surface area contributed by atoms with Crippen LogP contribution in [0.25, 0.3) is 33.2 Å². The number of aromatic nitrogens is 3. The molecule has 3 aromatic carbocycles. The van der Waals surface area contributed by atoms with Gasteiger partial charge in [0, 0.05) is 28.4 Å². The van der Waals surface area contributed by atoms with Gasteiger partial charge in [-0.15, -0.1) is 0 Å². The lowest BCUT2D eigenvalue weighted by Crippen LogP contribution is -2.07. The normalized spacial score (nSPS) is 11.2. The number of ether oxygens (including phenoxy) is 1. The molecular formula is C26H19ClN4O2S. The molecule has 168 valence electrons. The zero-order valence-electron chi connectivity index (χ0n) is 18.1. The molecule has 1 amide bonds. The van der Waals surface area contributed by atoms with E-state index in [0.717, 1.165) is 38.5 Å². The molecule has 34 heavy (non-hydrogen) atoms. The van der Waals surface area contributed by atoms with Crippen LogP contribution in [0.1, 0.15) is 5.56 Å². The van der Waals surface area contributed by atoms with Gasteiger partial charge in [0.1, 0.15) is 5.75 Å². The van der Waals surface area contributed by atoms with E-state index in [-0.39, 0.29) is 5.91 Å². The second-order valence-corrected chi connectivity index (χ2v) is 8.86. The fourth-order valence-electron chi connectivity index (χ4n) is 3.45. The van der Waals surface area contributed by atoms with Crippen molar-refractivity contribution in [2.24, 2.45) is 0 Å². The highest BCUT2D eigenvalue weighted by Crippen LogP contribution is 2.29. The van der Waals surface area contributed by atoms with Crippen LogP contribution in [-0.4, -0.2) is 27.8 Å². The number of nitrogens with zero attached hydrogens (tertiary/aromatic N) is 3. The van der Waals surface area contributed by atoms with Crippen molar-refractivity contribution in [3.8, 4) is 22.7 Å². The number of rotatable bonds is 6. The summed E-state index contributed by atoms with van der Waals surface area (Å²) in [6.07, 6.45) is 5.13. The molecular weight excluding hydrogens is 468 g/mol. The van der Waals surface area contributed by atoms with Gasteiger partial charge in [-0.2, -0.15) is 5.10 Å². The molecule has 1 N–H and O–H groups in total. The molecule has 0 bridgehead atoms. The Morgan fingerprint density at radius 2 is 1.88 bits per heavy atom. The Labute approximate surface area is 205 Å². The largest absolute Gasteiger partial charge is 0.497 e. The summed E-state index contributed by atoms with van der Waals surface area (Å²) in [4.78, 5) is 17.1. The van der Waals surface area contributed by atoms with E-state index in [0.29, 0.717) is 10.2 Å². The summed E-state index contributed by atoms with van der Waals surface area (Å²) in [5, 5.41) is 8.77. The Balaban J connectivity index is 1.42. The van der Waals surface area contributed by atoms with Crippen LogP contribution in [0.5, 0.6) is 5.75 Å². The molecule has 5 rings (SSSR count). The first-order valence-corrected chi connectivity index (χ1v) is 11.6.